The fraction of sp³-hybridized carbons (Fsp3) is 0.105. The van der Waals surface area contributed by atoms with Crippen molar-refractivity contribution >= 4 is 11.4 Å². The Morgan fingerprint density at radius 2 is 1.87 bits per heavy atom. The van der Waals surface area contributed by atoms with E-state index in [1.165, 1.54) is 5.56 Å². The standard InChI is InChI=1S/C19H17N3O/c1-2-7-15(8-3-1)20-13-19-21-12-16(22-19)18-11-10-14-6-4-5-9-17(14)23-18/h1-9,11-12,20H,10,13H2,(H,21,22). The van der Waals surface area contributed by atoms with Crippen LogP contribution in [-0.4, -0.2) is 9.97 Å². The first-order chi connectivity index (χ1) is 11.4. The fourth-order valence-electron chi connectivity index (χ4n) is 2.62. The summed E-state index contributed by atoms with van der Waals surface area (Å²) in [5.41, 5.74) is 3.19. The fourth-order valence-corrected chi connectivity index (χ4v) is 2.62. The molecule has 0 atom stereocenters. The Labute approximate surface area is 134 Å². The smallest absolute Gasteiger partial charge is 0.148 e. The molecule has 0 spiro atoms. The van der Waals surface area contributed by atoms with E-state index in [1.807, 2.05) is 54.7 Å². The third kappa shape index (κ3) is 2.97. The van der Waals surface area contributed by atoms with Gasteiger partial charge in [0.15, 0.2) is 0 Å². The van der Waals surface area contributed by atoms with Crippen LogP contribution in [0.15, 0.2) is 66.9 Å². The number of allylic oxidation sites excluding steroid dienone is 1. The summed E-state index contributed by atoms with van der Waals surface area (Å²) in [6.45, 7) is 0.647. The van der Waals surface area contributed by atoms with Gasteiger partial charge in [0.1, 0.15) is 23.0 Å². The van der Waals surface area contributed by atoms with Crippen LogP contribution in [0.25, 0.3) is 5.76 Å². The van der Waals surface area contributed by atoms with Crippen LogP contribution in [0.4, 0.5) is 5.69 Å². The number of aromatic nitrogens is 2. The average molecular weight is 303 g/mol. The van der Waals surface area contributed by atoms with Gasteiger partial charge in [-0.3, -0.25) is 0 Å². The average Bonchev–Trinajstić information content (AvgIpc) is 3.09. The molecule has 0 bridgehead atoms. The Morgan fingerprint density at radius 1 is 1.04 bits per heavy atom. The molecule has 23 heavy (non-hydrogen) atoms. The van der Waals surface area contributed by atoms with Crippen LogP contribution in [0.2, 0.25) is 0 Å². The van der Waals surface area contributed by atoms with Crippen LogP contribution in [0, 0.1) is 0 Å². The number of ether oxygens (including phenoxy) is 1. The number of H-pyrrole nitrogens is 1. The van der Waals surface area contributed by atoms with Gasteiger partial charge in [0.25, 0.3) is 0 Å². The molecule has 2 N–H and O–H groups in total. The quantitative estimate of drug-likeness (QED) is 0.766. The SMILES string of the molecule is C1=C(c2cnc(CNc3ccccc3)[nH]2)Oc2ccccc2C1. The number of nitrogens with zero attached hydrogens (tertiary/aromatic N) is 1. The van der Waals surface area contributed by atoms with E-state index in [0.29, 0.717) is 6.54 Å². The van der Waals surface area contributed by atoms with Crippen molar-refractivity contribution in [3.63, 3.8) is 0 Å². The first-order valence-electron chi connectivity index (χ1n) is 7.67. The Balaban J connectivity index is 1.45. The molecular formula is C19H17N3O. The Morgan fingerprint density at radius 3 is 2.78 bits per heavy atom. The highest BCUT2D eigenvalue weighted by Crippen LogP contribution is 2.29. The third-order valence-corrected chi connectivity index (χ3v) is 3.83. The van der Waals surface area contributed by atoms with Gasteiger partial charge in [-0.2, -0.15) is 0 Å². The normalized spacial score (nSPS) is 13.0. The second kappa shape index (κ2) is 6.01. The lowest BCUT2D eigenvalue weighted by Crippen LogP contribution is -2.05. The molecule has 0 unspecified atom stereocenters. The maximum Gasteiger partial charge on any atom is 0.148 e. The molecule has 0 fully saturated rings. The van der Waals surface area contributed by atoms with E-state index in [4.69, 9.17) is 4.74 Å². The highest BCUT2D eigenvalue weighted by Gasteiger charge is 2.15. The molecule has 4 heteroatoms. The van der Waals surface area contributed by atoms with Crippen molar-refractivity contribution in [3.05, 3.63) is 84.0 Å². The van der Waals surface area contributed by atoms with Crippen molar-refractivity contribution in [1.82, 2.24) is 9.97 Å². The number of nitrogens with one attached hydrogen (secondary N) is 2. The lowest BCUT2D eigenvalue weighted by Gasteiger charge is -2.16. The molecule has 0 amide bonds. The van der Waals surface area contributed by atoms with Crippen LogP contribution in [0.3, 0.4) is 0 Å². The van der Waals surface area contributed by atoms with Gasteiger partial charge in [-0.15, -0.1) is 0 Å². The monoisotopic (exact) mass is 303 g/mol. The summed E-state index contributed by atoms with van der Waals surface area (Å²) in [5, 5.41) is 3.34. The minimum absolute atomic E-state index is 0.647. The van der Waals surface area contributed by atoms with E-state index in [0.717, 1.165) is 35.1 Å². The van der Waals surface area contributed by atoms with Gasteiger partial charge in [-0.05, 0) is 36.3 Å². The molecule has 0 radical (unpaired) electrons. The molecule has 1 aliphatic rings. The zero-order valence-electron chi connectivity index (χ0n) is 12.6. The van der Waals surface area contributed by atoms with Crippen molar-refractivity contribution in [2.45, 2.75) is 13.0 Å². The summed E-state index contributed by atoms with van der Waals surface area (Å²) >= 11 is 0. The third-order valence-electron chi connectivity index (χ3n) is 3.83. The lowest BCUT2D eigenvalue weighted by atomic mass is 10.1. The van der Waals surface area contributed by atoms with E-state index in [1.54, 1.807) is 0 Å². The molecule has 2 aromatic carbocycles. The summed E-state index contributed by atoms with van der Waals surface area (Å²) in [6, 6.07) is 18.2. The lowest BCUT2D eigenvalue weighted by molar-refractivity contribution is 0.496. The molecule has 114 valence electrons. The zero-order valence-corrected chi connectivity index (χ0v) is 12.6. The highest BCUT2D eigenvalue weighted by atomic mass is 16.5. The maximum absolute atomic E-state index is 5.96. The van der Waals surface area contributed by atoms with Gasteiger partial charge < -0.3 is 15.0 Å². The van der Waals surface area contributed by atoms with Gasteiger partial charge in [0.05, 0.1) is 12.7 Å². The Kier molecular flexibility index (Phi) is 3.56. The molecule has 0 saturated carbocycles. The minimum atomic E-state index is 0.647. The number of hydrogen-bond donors (Lipinski definition) is 2. The second-order valence-electron chi connectivity index (χ2n) is 5.45. The molecular weight excluding hydrogens is 286 g/mol. The molecule has 4 nitrogen and oxygen atoms in total. The zero-order chi connectivity index (χ0) is 15.5. The first-order valence-corrected chi connectivity index (χ1v) is 7.67. The van der Waals surface area contributed by atoms with Crippen molar-refractivity contribution in [3.8, 4) is 5.75 Å². The number of imidazole rings is 1. The van der Waals surface area contributed by atoms with E-state index < -0.39 is 0 Å². The molecule has 0 aliphatic carbocycles. The Hall–Kier alpha value is -3.01. The summed E-state index contributed by atoms with van der Waals surface area (Å²) in [6.07, 6.45) is 4.79. The maximum atomic E-state index is 5.96. The molecule has 4 rings (SSSR count). The van der Waals surface area contributed by atoms with Gasteiger partial charge in [0, 0.05) is 5.69 Å². The minimum Gasteiger partial charge on any atom is -0.455 e. The van der Waals surface area contributed by atoms with E-state index >= 15 is 0 Å². The number of aromatic amines is 1. The largest absolute Gasteiger partial charge is 0.455 e. The van der Waals surface area contributed by atoms with Gasteiger partial charge in [-0.25, -0.2) is 4.98 Å². The topological polar surface area (TPSA) is 49.9 Å². The van der Waals surface area contributed by atoms with Crippen molar-refractivity contribution in [1.29, 1.82) is 0 Å². The van der Waals surface area contributed by atoms with Crippen LogP contribution in [-0.2, 0) is 13.0 Å². The first kappa shape index (κ1) is 13.6. The summed E-state index contributed by atoms with van der Waals surface area (Å²) in [4.78, 5) is 7.74. The molecule has 3 aromatic rings. The van der Waals surface area contributed by atoms with Gasteiger partial charge in [-0.1, -0.05) is 36.4 Å². The number of anilines is 1. The van der Waals surface area contributed by atoms with Crippen molar-refractivity contribution < 1.29 is 4.74 Å². The molecule has 2 heterocycles. The second-order valence-corrected chi connectivity index (χ2v) is 5.45. The highest BCUT2D eigenvalue weighted by molar-refractivity contribution is 5.62. The summed E-state index contributed by atoms with van der Waals surface area (Å²) < 4.78 is 5.96. The van der Waals surface area contributed by atoms with Crippen LogP contribution in [0.1, 0.15) is 17.1 Å². The number of fused-ring (bicyclic) bond motifs is 1. The summed E-state index contributed by atoms with van der Waals surface area (Å²) in [7, 11) is 0. The molecule has 0 saturated heterocycles. The number of para-hydroxylation sites is 2. The van der Waals surface area contributed by atoms with Crippen LogP contribution < -0.4 is 10.1 Å². The number of benzene rings is 2. The van der Waals surface area contributed by atoms with Gasteiger partial charge >= 0.3 is 0 Å². The number of rotatable bonds is 4. The van der Waals surface area contributed by atoms with Crippen molar-refractivity contribution in [2.75, 3.05) is 5.32 Å². The Bertz CT molecular complexity index is 837. The van der Waals surface area contributed by atoms with Crippen LogP contribution >= 0.6 is 0 Å². The van der Waals surface area contributed by atoms with Gasteiger partial charge in [0.2, 0.25) is 0 Å². The summed E-state index contributed by atoms with van der Waals surface area (Å²) in [5.74, 6) is 2.64. The van der Waals surface area contributed by atoms with Crippen LogP contribution in [0.5, 0.6) is 5.75 Å². The molecule has 1 aliphatic heterocycles. The van der Waals surface area contributed by atoms with E-state index in [-0.39, 0.29) is 0 Å². The van der Waals surface area contributed by atoms with E-state index in [2.05, 4.69) is 27.4 Å². The van der Waals surface area contributed by atoms with Crippen molar-refractivity contribution in [2.24, 2.45) is 0 Å². The predicted molar refractivity (Wildman–Crippen MR) is 91.1 cm³/mol. The predicted octanol–water partition coefficient (Wildman–Crippen LogP) is 4.00. The van der Waals surface area contributed by atoms with E-state index in [9.17, 15) is 0 Å². The molecule has 1 aromatic heterocycles. The number of hydrogen-bond acceptors (Lipinski definition) is 3.